The first-order chi connectivity index (χ1) is 11.4. The first-order valence-corrected chi connectivity index (χ1v) is 8.03. The summed E-state index contributed by atoms with van der Waals surface area (Å²) >= 11 is 0. The van der Waals surface area contributed by atoms with Gasteiger partial charge in [-0.15, -0.1) is 0 Å². The number of carboxylic acid groups (broad SMARTS) is 1. The lowest BCUT2D eigenvalue weighted by molar-refractivity contribution is -0.148. The molecular weight excluding hydrogens is 308 g/mol. The van der Waals surface area contributed by atoms with Crippen LogP contribution in [0, 0.1) is 0 Å². The largest absolute Gasteiger partial charge is 0.480 e. The van der Waals surface area contributed by atoms with Gasteiger partial charge in [-0.1, -0.05) is 31.4 Å². The molecule has 0 saturated heterocycles. The highest BCUT2D eigenvalue weighted by atomic mass is 16.4. The van der Waals surface area contributed by atoms with E-state index in [0.717, 1.165) is 24.8 Å². The highest BCUT2D eigenvalue weighted by Crippen LogP contribution is 2.28. The third kappa shape index (κ3) is 4.68. The number of carbonyl (C=O) groups is 3. The maximum Gasteiger partial charge on any atom is 0.329 e. The Kier molecular flexibility index (Phi) is 5.73. The molecule has 0 unspecified atom stereocenters. The highest BCUT2D eigenvalue weighted by Gasteiger charge is 2.40. The number of nitrogens with one attached hydrogen (secondary N) is 2. The van der Waals surface area contributed by atoms with Gasteiger partial charge in [-0.05, 0) is 36.6 Å². The molecule has 0 bridgehead atoms. The molecule has 1 aliphatic carbocycles. The number of hydrogen-bond donors (Lipinski definition) is 3. The van der Waals surface area contributed by atoms with E-state index >= 15 is 0 Å². The smallest absolute Gasteiger partial charge is 0.329 e. The lowest BCUT2D eigenvalue weighted by Crippen LogP contribution is -2.55. The highest BCUT2D eigenvalue weighted by molar-refractivity contribution is 5.96. The average molecular weight is 330 g/mol. The molecule has 1 aromatic rings. The maximum absolute atomic E-state index is 12.1. The molecule has 2 rings (SSSR count). The van der Waals surface area contributed by atoms with Crippen LogP contribution in [-0.4, -0.2) is 28.4 Å². The van der Waals surface area contributed by atoms with Gasteiger partial charge in [0.1, 0.15) is 5.54 Å². The molecule has 1 aliphatic rings. The molecule has 6 heteroatoms. The van der Waals surface area contributed by atoms with Crippen molar-refractivity contribution in [3.05, 3.63) is 35.9 Å². The molecule has 0 spiro atoms. The Bertz CT molecular complexity index is 643. The number of rotatable bonds is 5. The van der Waals surface area contributed by atoms with Crippen molar-refractivity contribution in [1.29, 1.82) is 0 Å². The molecular formula is C18H22N2O4. The number of carbonyl (C=O) groups excluding carboxylic acids is 2. The molecule has 1 saturated carbocycles. The first kappa shape index (κ1) is 17.7. The van der Waals surface area contributed by atoms with E-state index in [2.05, 4.69) is 10.6 Å². The van der Waals surface area contributed by atoms with Crippen LogP contribution in [-0.2, 0) is 14.4 Å². The van der Waals surface area contributed by atoms with E-state index < -0.39 is 17.4 Å². The van der Waals surface area contributed by atoms with Crippen LogP contribution in [0.25, 0.3) is 6.08 Å². The molecule has 6 nitrogen and oxygen atoms in total. The lowest BCUT2D eigenvalue weighted by atomic mass is 9.81. The second-order valence-electron chi connectivity index (χ2n) is 6.07. The SMILES string of the molecule is CC(=O)Nc1ccc(C=CC(=O)NC2(C(=O)O)CCCCC2)cc1. The third-order valence-electron chi connectivity index (χ3n) is 4.14. The topological polar surface area (TPSA) is 95.5 Å². The van der Waals surface area contributed by atoms with Gasteiger partial charge in [-0.2, -0.15) is 0 Å². The van der Waals surface area contributed by atoms with Gasteiger partial charge in [0.2, 0.25) is 11.8 Å². The summed E-state index contributed by atoms with van der Waals surface area (Å²) in [7, 11) is 0. The van der Waals surface area contributed by atoms with Crippen LogP contribution in [0.15, 0.2) is 30.3 Å². The normalized spacial score (nSPS) is 16.5. The molecule has 24 heavy (non-hydrogen) atoms. The Balaban J connectivity index is 1.99. The summed E-state index contributed by atoms with van der Waals surface area (Å²) < 4.78 is 0. The summed E-state index contributed by atoms with van der Waals surface area (Å²) in [6.07, 6.45) is 6.50. The van der Waals surface area contributed by atoms with E-state index in [0.29, 0.717) is 18.5 Å². The lowest BCUT2D eigenvalue weighted by Gasteiger charge is -2.33. The maximum atomic E-state index is 12.1. The number of amides is 2. The molecule has 0 aliphatic heterocycles. The van der Waals surface area contributed by atoms with Crippen LogP contribution >= 0.6 is 0 Å². The van der Waals surface area contributed by atoms with Gasteiger partial charge >= 0.3 is 5.97 Å². The Hall–Kier alpha value is -2.63. The van der Waals surface area contributed by atoms with Crippen molar-refractivity contribution >= 4 is 29.5 Å². The second kappa shape index (κ2) is 7.77. The van der Waals surface area contributed by atoms with Crippen molar-refractivity contribution < 1.29 is 19.5 Å². The van der Waals surface area contributed by atoms with E-state index in [1.807, 2.05) is 0 Å². The summed E-state index contributed by atoms with van der Waals surface area (Å²) in [6, 6.07) is 7.00. The molecule has 2 amide bonds. The molecule has 0 radical (unpaired) electrons. The van der Waals surface area contributed by atoms with Crippen molar-refractivity contribution in [2.75, 3.05) is 5.32 Å². The van der Waals surface area contributed by atoms with Gasteiger partial charge in [-0.3, -0.25) is 9.59 Å². The summed E-state index contributed by atoms with van der Waals surface area (Å²) in [5.74, 6) is -1.53. The minimum absolute atomic E-state index is 0.149. The predicted molar refractivity (Wildman–Crippen MR) is 91.4 cm³/mol. The number of anilines is 1. The summed E-state index contributed by atoms with van der Waals surface area (Å²) in [5, 5.41) is 14.8. The molecule has 3 N–H and O–H groups in total. The van der Waals surface area contributed by atoms with Crippen molar-refractivity contribution in [3.63, 3.8) is 0 Å². The van der Waals surface area contributed by atoms with Crippen molar-refractivity contribution in [2.24, 2.45) is 0 Å². The number of benzene rings is 1. The van der Waals surface area contributed by atoms with Gasteiger partial charge in [0, 0.05) is 18.7 Å². The Morgan fingerprint density at radius 3 is 2.25 bits per heavy atom. The zero-order valence-corrected chi connectivity index (χ0v) is 13.7. The van der Waals surface area contributed by atoms with E-state index in [1.165, 1.54) is 13.0 Å². The summed E-state index contributed by atoms with van der Waals surface area (Å²) in [6.45, 7) is 1.43. The van der Waals surface area contributed by atoms with E-state index in [1.54, 1.807) is 30.3 Å². The zero-order chi connectivity index (χ0) is 17.6. The van der Waals surface area contributed by atoms with Gasteiger partial charge in [-0.25, -0.2) is 4.79 Å². The molecule has 0 heterocycles. The predicted octanol–water partition coefficient (Wildman–Crippen LogP) is 2.56. The van der Waals surface area contributed by atoms with Gasteiger partial charge in [0.05, 0.1) is 0 Å². The third-order valence-corrected chi connectivity index (χ3v) is 4.14. The Labute approximate surface area is 140 Å². The van der Waals surface area contributed by atoms with Crippen LogP contribution in [0.1, 0.15) is 44.6 Å². The van der Waals surface area contributed by atoms with Crippen molar-refractivity contribution in [2.45, 2.75) is 44.6 Å². The van der Waals surface area contributed by atoms with Gasteiger partial charge in [0.15, 0.2) is 0 Å². The summed E-state index contributed by atoms with van der Waals surface area (Å²) in [5.41, 5.74) is 0.318. The van der Waals surface area contributed by atoms with E-state index in [9.17, 15) is 19.5 Å². The zero-order valence-electron chi connectivity index (χ0n) is 13.7. The van der Waals surface area contributed by atoms with Crippen LogP contribution in [0.5, 0.6) is 0 Å². The second-order valence-corrected chi connectivity index (χ2v) is 6.07. The van der Waals surface area contributed by atoms with Crippen molar-refractivity contribution in [3.8, 4) is 0 Å². The fraction of sp³-hybridized carbons (Fsp3) is 0.389. The standard InChI is InChI=1S/C18H22N2O4/c1-13(21)19-15-8-5-14(6-9-15)7-10-16(22)20-18(17(23)24)11-3-2-4-12-18/h5-10H,2-4,11-12H2,1H3,(H,19,21)(H,20,22)(H,23,24). The monoisotopic (exact) mass is 330 g/mol. The quantitative estimate of drug-likeness (QED) is 0.723. The number of hydrogen-bond acceptors (Lipinski definition) is 3. The van der Waals surface area contributed by atoms with E-state index in [-0.39, 0.29) is 5.91 Å². The molecule has 0 atom stereocenters. The Morgan fingerprint density at radius 1 is 1.08 bits per heavy atom. The Morgan fingerprint density at radius 2 is 1.71 bits per heavy atom. The molecule has 0 aromatic heterocycles. The minimum atomic E-state index is -1.14. The van der Waals surface area contributed by atoms with Crippen LogP contribution in [0.3, 0.4) is 0 Å². The average Bonchev–Trinajstić information content (AvgIpc) is 2.54. The van der Waals surface area contributed by atoms with Crippen LogP contribution in [0.2, 0.25) is 0 Å². The van der Waals surface area contributed by atoms with Gasteiger partial charge < -0.3 is 15.7 Å². The molecule has 1 fully saturated rings. The van der Waals surface area contributed by atoms with Gasteiger partial charge in [0.25, 0.3) is 0 Å². The van der Waals surface area contributed by atoms with Crippen LogP contribution < -0.4 is 10.6 Å². The fourth-order valence-electron chi connectivity index (χ4n) is 2.88. The minimum Gasteiger partial charge on any atom is -0.480 e. The van der Waals surface area contributed by atoms with Crippen molar-refractivity contribution in [1.82, 2.24) is 5.32 Å². The number of carboxylic acids is 1. The molecule has 128 valence electrons. The van der Waals surface area contributed by atoms with Crippen LogP contribution in [0.4, 0.5) is 5.69 Å². The first-order valence-electron chi connectivity index (χ1n) is 8.03. The number of aliphatic carboxylic acids is 1. The molecule has 1 aromatic carbocycles. The fourth-order valence-corrected chi connectivity index (χ4v) is 2.88. The summed E-state index contributed by atoms with van der Waals surface area (Å²) in [4.78, 5) is 34.6. The van der Waals surface area contributed by atoms with E-state index in [4.69, 9.17) is 0 Å².